The van der Waals surface area contributed by atoms with E-state index in [2.05, 4.69) is 66.3 Å². The molecule has 114 valence electrons. The zero-order valence-electron chi connectivity index (χ0n) is 13.6. The first kappa shape index (κ1) is 14.1. The van der Waals surface area contributed by atoms with Gasteiger partial charge in [-0.1, -0.05) is 55.0 Å². The normalized spacial score (nSPS) is 16.3. The summed E-state index contributed by atoms with van der Waals surface area (Å²) in [5.74, 6) is 1.55. The Hall–Kier alpha value is -2.48. The van der Waals surface area contributed by atoms with Crippen molar-refractivity contribution < 1.29 is 0 Å². The molecular weight excluding hydrogens is 280 g/mol. The van der Waals surface area contributed by atoms with Crippen molar-refractivity contribution in [3.05, 3.63) is 71.5 Å². The first-order chi connectivity index (χ1) is 11.2. The van der Waals surface area contributed by atoms with Gasteiger partial charge in [-0.25, -0.2) is 9.97 Å². The quantitative estimate of drug-likeness (QED) is 0.676. The summed E-state index contributed by atoms with van der Waals surface area (Å²) in [6.07, 6.45) is 6.26. The van der Waals surface area contributed by atoms with E-state index in [-0.39, 0.29) is 0 Å². The van der Waals surface area contributed by atoms with Crippen LogP contribution in [0.25, 0.3) is 22.5 Å². The molecule has 2 heteroatoms. The van der Waals surface area contributed by atoms with E-state index in [1.807, 2.05) is 12.4 Å². The van der Waals surface area contributed by atoms with Gasteiger partial charge in [0.25, 0.3) is 0 Å². The number of nitrogens with zero attached hydrogens (tertiary/aromatic N) is 2. The van der Waals surface area contributed by atoms with Gasteiger partial charge in [-0.2, -0.15) is 0 Å². The molecule has 0 radical (unpaired) electrons. The molecule has 23 heavy (non-hydrogen) atoms. The lowest BCUT2D eigenvalue weighted by molar-refractivity contribution is 0.628. The van der Waals surface area contributed by atoms with Crippen LogP contribution in [0.5, 0.6) is 0 Å². The Morgan fingerprint density at radius 1 is 0.783 bits per heavy atom. The average Bonchev–Trinajstić information content (AvgIpc) is 2.95. The molecule has 1 unspecified atom stereocenters. The van der Waals surface area contributed by atoms with Gasteiger partial charge in [-0.05, 0) is 42.4 Å². The van der Waals surface area contributed by atoms with Crippen LogP contribution in [0.4, 0.5) is 0 Å². The summed E-state index contributed by atoms with van der Waals surface area (Å²) in [6, 6.07) is 15.1. The summed E-state index contributed by atoms with van der Waals surface area (Å²) < 4.78 is 0. The highest BCUT2D eigenvalue weighted by molar-refractivity contribution is 5.65. The highest BCUT2D eigenvalue weighted by Gasteiger charge is 2.18. The Morgan fingerprint density at radius 3 is 2.17 bits per heavy atom. The monoisotopic (exact) mass is 300 g/mol. The number of hydrogen-bond donors (Lipinski definition) is 0. The van der Waals surface area contributed by atoms with Gasteiger partial charge in [0.2, 0.25) is 0 Å². The Bertz CT molecular complexity index is 833. The molecule has 0 fully saturated rings. The SMILES string of the molecule is Cc1ccc(-c2ncc(-c3ccc4c(c3)CC(C)C4)cn2)cc1. The summed E-state index contributed by atoms with van der Waals surface area (Å²) in [5, 5.41) is 0. The third-order valence-corrected chi connectivity index (χ3v) is 4.64. The zero-order valence-corrected chi connectivity index (χ0v) is 13.6. The first-order valence-electron chi connectivity index (χ1n) is 8.20. The number of benzene rings is 2. The molecule has 4 rings (SSSR count). The molecule has 0 spiro atoms. The van der Waals surface area contributed by atoms with Crippen molar-refractivity contribution in [2.75, 3.05) is 0 Å². The summed E-state index contributed by atoms with van der Waals surface area (Å²) in [4.78, 5) is 9.10. The molecule has 0 bridgehead atoms. The standard InChI is InChI=1S/C21H20N2/c1-14-3-5-16(6-4-14)21-22-12-20(13-23-21)18-8-7-17-9-15(2)10-19(17)11-18/h3-8,11-13,15H,9-10H2,1-2H3. The van der Waals surface area contributed by atoms with Crippen molar-refractivity contribution in [2.45, 2.75) is 26.7 Å². The maximum atomic E-state index is 4.55. The van der Waals surface area contributed by atoms with Crippen LogP contribution in [0, 0.1) is 12.8 Å². The van der Waals surface area contributed by atoms with Crippen molar-refractivity contribution in [1.82, 2.24) is 9.97 Å². The van der Waals surface area contributed by atoms with E-state index in [0.717, 1.165) is 22.9 Å². The van der Waals surface area contributed by atoms with E-state index in [4.69, 9.17) is 0 Å². The molecule has 2 aromatic carbocycles. The van der Waals surface area contributed by atoms with Gasteiger partial charge >= 0.3 is 0 Å². The van der Waals surface area contributed by atoms with Crippen molar-refractivity contribution >= 4 is 0 Å². The van der Waals surface area contributed by atoms with Gasteiger partial charge < -0.3 is 0 Å². The van der Waals surface area contributed by atoms with Gasteiger partial charge in [0.1, 0.15) is 0 Å². The first-order valence-corrected chi connectivity index (χ1v) is 8.20. The van der Waals surface area contributed by atoms with Gasteiger partial charge in [-0.15, -0.1) is 0 Å². The van der Waals surface area contributed by atoms with E-state index >= 15 is 0 Å². The minimum Gasteiger partial charge on any atom is -0.236 e. The highest BCUT2D eigenvalue weighted by atomic mass is 14.9. The Balaban J connectivity index is 1.64. The van der Waals surface area contributed by atoms with Crippen LogP contribution in [0.15, 0.2) is 54.9 Å². The van der Waals surface area contributed by atoms with Crippen LogP contribution in [0.1, 0.15) is 23.6 Å². The molecule has 0 aliphatic heterocycles. The molecule has 1 heterocycles. The van der Waals surface area contributed by atoms with Crippen molar-refractivity contribution in [3.63, 3.8) is 0 Å². The van der Waals surface area contributed by atoms with Crippen molar-refractivity contribution in [2.24, 2.45) is 5.92 Å². The second-order valence-electron chi connectivity index (χ2n) is 6.66. The maximum absolute atomic E-state index is 4.55. The Labute approximate surface area is 137 Å². The molecule has 0 N–H and O–H groups in total. The summed E-state index contributed by atoms with van der Waals surface area (Å²) >= 11 is 0. The molecule has 2 nitrogen and oxygen atoms in total. The minimum absolute atomic E-state index is 0.764. The predicted octanol–water partition coefficient (Wildman–Crippen LogP) is 4.85. The van der Waals surface area contributed by atoms with E-state index in [1.165, 1.54) is 35.1 Å². The number of rotatable bonds is 2. The van der Waals surface area contributed by atoms with E-state index in [0.29, 0.717) is 0 Å². The molecule has 1 aliphatic rings. The molecule has 0 amide bonds. The smallest absolute Gasteiger partial charge is 0.159 e. The lowest BCUT2D eigenvalue weighted by Gasteiger charge is -2.06. The molecule has 0 saturated heterocycles. The van der Waals surface area contributed by atoms with Crippen LogP contribution in [-0.4, -0.2) is 9.97 Å². The lowest BCUT2D eigenvalue weighted by Crippen LogP contribution is -1.91. The highest BCUT2D eigenvalue weighted by Crippen LogP contribution is 2.30. The number of aromatic nitrogens is 2. The van der Waals surface area contributed by atoms with Crippen LogP contribution in [-0.2, 0) is 12.8 Å². The Kier molecular flexibility index (Phi) is 3.45. The molecule has 1 aromatic heterocycles. The van der Waals surface area contributed by atoms with Gasteiger partial charge in [-0.3, -0.25) is 0 Å². The van der Waals surface area contributed by atoms with E-state index in [1.54, 1.807) is 0 Å². The third-order valence-electron chi connectivity index (χ3n) is 4.64. The number of fused-ring (bicyclic) bond motifs is 1. The fraction of sp³-hybridized carbons (Fsp3) is 0.238. The second kappa shape index (κ2) is 5.62. The minimum atomic E-state index is 0.764. The van der Waals surface area contributed by atoms with Crippen LogP contribution in [0.2, 0.25) is 0 Å². The van der Waals surface area contributed by atoms with Gasteiger partial charge in [0, 0.05) is 23.5 Å². The zero-order chi connectivity index (χ0) is 15.8. The summed E-state index contributed by atoms with van der Waals surface area (Å²) in [5.41, 5.74) is 7.59. The molecule has 1 aliphatic carbocycles. The predicted molar refractivity (Wildman–Crippen MR) is 94.2 cm³/mol. The van der Waals surface area contributed by atoms with Crippen LogP contribution >= 0.6 is 0 Å². The second-order valence-corrected chi connectivity index (χ2v) is 6.66. The fourth-order valence-electron chi connectivity index (χ4n) is 3.35. The average molecular weight is 300 g/mol. The third kappa shape index (κ3) is 2.77. The maximum Gasteiger partial charge on any atom is 0.159 e. The number of hydrogen-bond acceptors (Lipinski definition) is 2. The van der Waals surface area contributed by atoms with Crippen molar-refractivity contribution in [3.8, 4) is 22.5 Å². The van der Waals surface area contributed by atoms with E-state index < -0.39 is 0 Å². The molecule has 3 aromatic rings. The summed E-state index contributed by atoms with van der Waals surface area (Å²) in [6.45, 7) is 4.40. The van der Waals surface area contributed by atoms with Crippen LogP contribution < -0.4 is 0 Å². The van der Waals surface area contributed by atoms with Gasteiger partial charge in [0.15, 0.2) is 5.82 Å². The molecule has 0 saturated carbocycles. The molecule has 1 atom stereocenters. The van der Waals surface area contributed by atoms with Gasteiger partial charge in [0.05, 0.1) is 0 Å². The molecular formula is C21H20N2. The topological polar surface area (TPSA) is 25.8 Å². The fourth-order valence-corrected chi connectivity index (χ4v) is 3.35. The summed E-state index contributed by atoms with van der Waals surface area (Å²) in [7, 11) is 0. The Morgan fingerprint density at radius 2 is 1.43 bits per heavy atom. The van der Waals surface area contributed by atoms with Crippen LogP contribution in [0.3, 0.4) is 0 Å². The largest absolute Gasteiger partial charge is 0.236 e. The number of aryl methyl sites for hydroxylation is 1. The van der Waals surface area contributed by atoms with E-state index in [9.17, 15) is 0 Å². The lowest BCUT2D eigenvalue weighted by atomic mass is 10.0. The van der Waals surface area contributed by atoms with Crippen molar-refractivity contribution in [1.29, 1.82) is 0 Å².